The van der Waals surface area contributed by atoms with Crippen LogP contribution in [0.4, 0.5) is 0 Å². The molecule has 4 atom stereocenters. The van der Waals surface area contributed by atoms with Crippen molar-refractivity contribution < 1.29 is 14.2 Å². The van der Waals surface area contributed by atoms with Gasteiger partial charge in [-0.25, -0.2) is 0 Å². The second-order valence-electron chi connectivity index (χ2n) is 7.91. The second kappa shape index (κ2) is 6.76. The molecule has 4 unspecified atom stereocenters. The fraction of sp³-hybridized carbons (Fsp3) is 0.545. The predicted octanol–water partition coefficient (Wildman–Crippen LogP) is 3.98. The molecule has 148 valence electrons. The highest BCUT2D eigenvalue weighted by atomic mass is 16.7. The molecular weight excluding hydrogens is 368 g/mol. The Bertz CT molecular complexity index is 940. The minimum atomic E-state index is -1.88. The van der Waals surface area contributed by atoms with Gasteiger partial charge in [-0.3, -0.25) is 5.41 Å². The third kappa shape index (κ3) is 2.33. The van der Waals surface area contributed by atoms with Crippen molar-refractivity contribution in [1.82, 2.24) is 0 Å². The lowest BCUT2D eigenvalue weighted by Gasteiger charge is -2.51. The molecule has 1 aromatic rings. The lowest BCUT2D eigenvalue weighted by Crippen LogP contribution is -2.60. The minimum Gasteiger partial charge on any atom is -0.494 e. The lowest BCUT2D eigenvalue weighted by molar-refractivity contribution is -0.294. The summed E-state index contributed by atoms with van der Waals surface area (Å²) in [6.45, 7) is 2.61. The van der Waals surface area contributed by atoms with Crippen molar-refractivity contribution in [3.05, 3.63) is 29.8 Å². The van der Waals surface area contributed by atoms with Crippen LogP contribution in [0, 0.1) is 56.2 Å². The van der Waals surface area contributed by atoms with Gasteiger partial charge < -0.3 is 14.2 Å². The highest BCUT2D eigenvalue weighted by molar-refractivity contribution is 5.89. The van der Waals surface area contributed by atoms with Crippen molar-refractivity contribution in [2.24, 2.45) is 16.7 Å². The van der Waals surface area contributed by atoms with Gasteiger partial charge in [-0.1, -0.05) is 25.5 Å². The van der Waals surface area contributed by atoms with Gasteiger partial charge in [-0.2, -0.15) is 15.8 Å². The van der Waals surface area contributed by atoms with Crippen LogP contribution in [0.25, 0.3) is 0 Å². The molecule has 0 amide bonds. The highest BCUT2D eigenvalue weighted by Crippen LogP contribution is 2.69. The van der Waals surface area contributed by atoms with Crippen LogP contribution in [-0.4, -0.2) is 18.3 Å². The summed E-state index contributed by atoms with van der Waals surface area (Å²) in [6, 6.07) is 13.4. The Morgan fingerprint density at radius 3 is 2.48 bits per heavy atom. The highest BCUT2D eigenvalue weighted by Gasteiger charge is 2.80. The fourth-order valence-electron chi connectivity index (χ4n) is 5.12. The van der Waals surface area contributed by atoms with Crippen LogP contribution in [0.2, 0.25) is 0 Å². The van der Waals surface area contributed by atoms with E-state index in [-0.39, 0.29) is 5.90 Å². The van der Waals surface area contributed by atoms with E-state index in [1.165, 1.54) is 0 Å². The number of ether oxygens (including phenoxy) is 3. The molecule has 1 N–H and O–H groups in total. The van der Waals surface area contributed by atoms with E-state index in [0.29, 0.717) is 30.8 Å². The minimum absolute atomic E-state index is 0.319. The van der Waals surface area contributed by atoms with Crippen molar-refractivity contribution in [2.75, 3.05) is 6.61 Å². The summed E-state index contributed by atoms with van der Waals surface area (Å²) in [6.07, 6.45) is 2.68. The van der Waals surface area contributed by atoms with E-state index in [1.807, 2.05) is 6.92 Å². The van der Waals surface area contributed by atoms with E-state index < -0.39 is 28.6 Å². The van der Waals surface area contributed by atoms with Crippen LogP contribution in [0.5, 0.6) is 5.75 Å². The van der Waals surface area contributed by atoms with E-state index in [2.05, 4.69) is 18.2 Å². The number of hydrogen-bond donors (Lipinski definition) is 1. The van der Waals surface area contributed by atoms with E-state index >= 15 is 0 Å². The Kier molecular flexibility index (Phi) is 4.49. The largest absolute Gasteiger partial charge is 0.494 e. The first-order valence-electron chi connectivity index (χ1n) is 9.96. The maximum Gasteiger partial charge on any atom is 0.217 e. The molecule has 7 nitrogen and oxygen atoms in total. The van der Waals surface area contributed by atoms with Gasteiger partial charge in [0.25, 0.3) is 0 Å². The van der Waals surface area contributed by atoms with E-state index in [9.17, 15) is 15.8 Å². The number of nitrogens with zero attached hydrogens (tertiary/aromatic N) is 3. The number of nitriles is 3. The van der Waals surface area contributed by atoms with Gasteiger partial charge in [0.1, 0.15) is 11.9 Å². The summed E-state index contributed by atoms with van der Waals surface area (Å²) >= 11 is 0. The molecule has 1 aromatic carbocycles. The molecule has 29 heavy (non-hydrogen) atoms. The zero-order chi connectivity index (χ0) is 20.7. The summed E-state index contributed by atoms with van der Waals surface area (Å²) in [5.41, 5.74) is -2.94. The zero-order valence-electron chi connectivity index (χ0n) is 16.3. The average molecular weight is 390 g/mol. The quantitative estimate of drug-likeness (QED) is 0.829. The molecule has 1 saturated carbocycles. The standard InChI is InChI=1S/C22H22N4O3/c1-2-11-27-16-8-6-15(7-9-16)18-20(12-23,13-24)21(14-25)17-5-3-4-10-22(17,28-18)29-19(21)26/h6-9,17-18,26H,2-5,10-11H2,1H3. The Morgan fingerprint density at radius 2 is 1.86 bits per heavy atom. The lowest BCUT2D eigenvalue weighted by atomic mass is 9.51. The van der Waals surface area contributed by atoms with Crippen molar-refractivity contribution >= 4 is 5.90 Å². The predicted molar refractivity (Wildman–Crippen MR) is 101 cm³/mol. The first kappa shape index (κ1) is 19.2. The average Bonchev–Trinajstić information content (AvgIpc) is 2.97. The molecule has 2 aliphatic heterocycles. The summed E-state index contributed by atoms with van der Waals surface area (Å²) < 4.78 is 17.9. The van der Waals surface area contributed by atoms with Crippen LogP contribution in [0.1, 0.15) is 50.7 Å². The third-order valence-electron chi connectivity index (χ3n) is 6.47. The number of nitrogens with one attached hydrogen (secondary N) is 1. The van der Waals surface area contributed by atoms with Crippen molar-refractivity contribution in [3.8, 4) is 24.0 Å². The molecule has 0 aromatic heterocycles. The first-order valence-corrected chi connectivity index (χ1v) is 9.96. The molecule has 2 heterocycles. The Morgan fingerprint density at radius 1 is 1.14 bits per heavy atom. The van der Waals surface area contributed by atoms with Gasteiger partial charge in [-0.15, -0.1) is 0 Å². The van der Waals surface area contributed by atoms with E-state index in [0.717, 1.165) is 19.3 Å². The molecule has 3 fully saturated rings. The van der Waals surface area contributed by atoms with Crippen LogP contribution < -0.4 is 4.74 Å². The van der Waals surface area contributed by atoms with Gasteiger partial charge in [0.2, 0.25) is 17.1 Å². The number of rotatable bonds is 4. The maximum atomic E-state index is 10.2. The molecule has 2 saturated heterocycles. The maximum absolute atomic E-state index is 10.2. The molecular formula is C22H22N4O3. The third-order valence-corrected chi connectivity index (χ3v) is 6.47. The number of benzene rings is 1. The number of hydrogen-bond acceptors (Lipinski definition) is 7. The Hall–Kier alpha value is -3.08. The van der Waals surface area contributed by atoms with Crippen LogP contribution in [-0.2, 0) is 9.47 Å². The normalized spacial score (nSPS) is 34.1. The van der Waals surface area contributed by atoms with E-state index in [1.54, 1.807) is 24.3 Å². The van der Waals surface area contributed by atoms with Crippen LogP contribution in [0.3, 0.4) is 0 Å². The molecule has 3 aliphatic rings. The van der Waals surface area contributed by atoms with Gasteiger partial charge in [0, 0.05) is 6.42 Å². The van der Waals surface area contributed by atoms with Gasteiger partial charge in [0.05, 0.1) is 30.7 Å². The summed E-state index contributed by atoms with van der Waals surface area (Å²) in [5.74, 6) is -1.28. The Labute approximate surface area is 169 Å². The topological polar surface area (TPSA) is 123 Å². The summed E-state index contributed by atoms with van der Waals surface area (Å²) in [5, 5.41) is 39.1. The van der Waals surface area contributed by atoms with Gasteiger partial charge in [-0.05, 0) is 37.0 Å². The molecule has 7 heteroatoms. The molecule has 0 radical (unpaired) electrons. The zero-order valence-corrected chi connectivity index (χ0v) is 16.3. The van der Waals surface area contributed by atoms with Gasteiger partial charge >= 0.3 is 0 Å². The van der Waals surface area contributed by atoms with Gasteiger partial charge in [0.15, 0.2) is 5.41 Å². The van der Waals surface area contributed by atoms with Crippen molar-refractivity contribution in [2.45, 2.75) is 50.9 Å². The fourth-order valence-corrected chi connectivity index (χ4v) is 5.12. The summed E-state index contributed by atoms with van der Waals surface area (Å²) in [7, 11) is 0. The monoisotopic (exact) mass is 390 g/mol. The first-order chi connectivity index (χ1) is 14.0. The molecule has 4 rings (SSSR count). The molecule has 1 aliphatic carbocycles. The van der Waals surface area contributed by atoms with Crippen LogP contribution in [0.15, 0.2) is 24.3 Å². The molecule has 0 spiro atoms. The summed E-state index contributed by atoms with van der Waals surface area (Å²) in [4.78, 5) is 0. The van der Waals surface area contributed by atoms with Crippen molar-refractivity contribution in [3.63, 3.8) is 0 Å². The van der Waals surface area contributed by atoms with Crippen molar-refractivity contribution in [1.29, 1.82) is 21.2 Å². The molecule has 2 bridgehead atoms. The Balaban J connectivity index is 1.85. The SMILES string of the molecule is CCCOc1ccc(C2OC34CCCCC3C(C#N)(C(=N)O4)C2(C#N)C#N)cc1. The van der Waals surface area contributed by atoms with E-state index in [4.69, 9.17) is 19.6 Å². The second-order valence-corrected chi connectivity index (χ2v) is 7.91. The van der Waals surface area contributed by atoms with Crippen LogP contribution >= 0.6 is 0 Å². The smallest absolute Gasteiger partial charge is 0.217 e.